The molecule has 4 rings (SSSR count). The summed E-state index contributed by atoms with van der Waals surface area (Å²) in [6.45, 7) is 1.99. The van der Waals surface area contributed by atoms with Crippen LogP contribution in [0.3, 0.4) is 0 Å². The summed E-state index contributed by atoms with van der Waals surface area (Å²) in [6, 6.07) is 16.6. The molecule has 0 aliphatic carbocycles. The van der Waals surface area contributed by atoms with Crippen molar-refractivity contribution in [1.29, 1.82) is 5.26 Å². The first-order valence-corrected chi connectivity index (χ1v) is 10.6. The van der Waals surface area contributed by atoms with Crippen molar-refractivity contribution in [2.24, 2.45) is 0 Å². The Balaban J connectivity index is 1.42. The molecule has 0 saturated carbocycles. The van der Waals surface area contributed by atoms with Crippen LogP contribution in [0.5, 0.6) is 11.5 Å². The summed E-state index contributed by atoms with van der Waals surface area (Å²) < 4.78 is 13.6. The van der Waals surface area contributed by atoms with Gasteiger partial charge in [-0.15, -0.1) is 0 Å². The summed E-state index contributed by atoms with van der Waals surface area (Å²) in [5.74, 6) is 1.09. The molecule has 0 atom stereocenters. The maximum absolute atomic E-state index is 12.4. The number of imidazole rings is 1. The first kappa shape index (κ1) is 21.3. The van der Waals surface area contributed by atoms with Crippen molar-refractivity contribution in [2.75, 3.05) is 18.5 Å². The highest BCUT2D eigenvalue weighted by atomic mass is 79.9. The summed E-state index contributed by atoms with van der Waals surface area (Å²) in [5.41, 5.74) is 2.79. The molecule has 2 aromatic heterocycles. The normalized spacial score (nSPS) is 10.5. The zero-order chi connectivity index (χ0) is 22.5. The minimum Gasteiger partial charge on any atom is -0.490 e. The second-order valence-electron chi connectivity index (χ2n) is 6.68. The molecule has 0 unspecified atom stereocenters. The fourth-order valence-electron chi connectivity index (χ4n) is 3.11. The van der Waals surface area contributed by atoms with E-state index in [-0.39, 0.29) is 12.5 Å². The monoisotopic (exact) mass is 491 g/mol. The number of halogens is 1. The SMILES string of the molecule is CCOc1cc(C#N)cc(Br)c1OCC(=O)Nc1ccc(-n2cnc3ccccc32)nc1. The van der Waals surface area contributed by atoms with E-state index < -0.39 is 0 Å². The number of anilines is 1. The van der Waals surface area contributed by atoms with Gasteiger partial charge in [-0.2, -0.15) is 5.26 Å². The number of benzene rings is 2. The largest absolute Gasteiger partial charge is 0.490 e. The van der Waals surface area contributed by atoms with Crippen molar-refractivity contribution < 1.29 is 14.3 Å². The number of hydrogen-bond donors (Lipinski definition) is 1. The number of amides is 1. The number of aromatic nitrogens is 3. The van der Waals surface area contributed by atoms with Crippen LogP contribution in [0, 0.1) is 11.3 Å². The molecule has 0 saturated heterocycles. The average molecular weight is 492 g/mol. The van der Waals surface area contributed by atoms with Crippen LogP contribution < -0.4 is 14.8 Å². The van der Waals surface area contributed by atoms with Crippen molar-refractivity contribution in [3.05, 3.63) is 71.1 Å². The molecule has 2 aromatic carbocycles. The van der Waals surface area contributed by atoms with Crippen LogP contribution >= 0.6 is 15.9 Å². The van der Waals surface area contributed by atoms with Gasteiger partial charge in [0.25, 0.3) is 5.91 Å². The topological polar surface area (TPSA) is 102 Å². The number of nitrogens with zero attached hydrogens (tertiary/aromatic N) is 4. The van der Waals surface area contributed by atoms with Gasteiger partial charge in [-0.3, -0.25) is 9.36 Å². The third-order valence-corrected chi connectivity index (χ3v) is 5.11. The third kappa shape index (κ3) is 4.55. The summed E-state index contributed by atoms with van der Waals surface area (Å²) >= 11 is 3.36. The van der Waals surface area contributed by atoms with E-state index in [9.17, 15) is 4.79 Å². The number of pyridine rings is 1. The van der Waals surface area contributed by atoms with Gasteiger partial charge in [0.15, 0.2) is 18.1 Å². The molecule has 0 spiro atoms. The molecular weight excluding hydrogens is 474 g/mol. The number of rotatable bonds is 7. The Labute approximate surface area is 192 Å². The van der Waals surface area contributed by atoms with Crippen LogP contribution in [-0.4, -0.2) is 33.7 Å². The first-order valence-electron chi connectivity index (χ1n) is 9.76. The van der Waals surface area contributed by atoms with Crippen LogP contribution in [0.4, 0.5) is 5.69 Å². The van der Waals surface area contributed by atoms with E-state index in [4.69, 9.17) is 14.7 Å². The fraction of sp³-hybridized carbons (Fsp3) is 0.130. The van der Waals surface area contributed by atoms with Gasteiger partial charge in [0.2, 0.25) is 0 Å². The predicted octanol–water partition coefficient (Wildman–Crippen LogP) is 4.47. The molecule has 0 fully saturated rings. The second kappa shape index (κ2) is 9.49. The number of hydrogen-bond acceptors (Lipinski definition) is 6. The highest BCUT2D eigenvalue weighted by Crippen LogP contribution is 2.36. The zero-order valence-corrected chi connectivity index (χ0v) is 18.7. The lowest BCUT2D eigenvalue weighted by Crippen LogP contribution is -2.20. The van der Waals surface area contributed by atoms with E-state index in [1.54, 1.807) is 36.8 Å². The Morgan fingerprint density at radius 1 is 1.19 bits per heavy atom. The maximum Gasteiger partial charge on any atom is 0.262 e. The number of para-hydroxylation sites is 2. The summed E-state index contributed by atoms with van der Waals surface area (Å²) in [5, 5.41) is 11.9. The lowest BCUT2D eigenvalue weighted by Gasteiger charge is -2.14. The van der Waals surface area contributed by atoms with Gasteiger partial charge < -0.3 is 14.8 Å². The molecule has 0 bridgehead atoms. The Kier molecular flexibility index (Phi) is 6.33. The first-order chi connectivity index (χ1) is 15.6. The van der Waals surface area contributed by atoms with Crippen LogP contribution in [0.25, 0.3) is 16.9 Å². The average Bonchev–Trinajstić information content (AvgIpc) is 3.23. The van der Waals surface area contributed by atoms with E-state index in [1.807, 2.05) is 35.8 Å². The second-order valence-corrected chi connectivity index (χ2v) is 7.53. The van der Waals surface area contributed by atoms with Gasteiger partial charge in [-0.1, -0.05) is 12.1 Å². The van der Waals surface area contributed by atoms with Gasteiger partial charge >= 0.3 is 0 Å². The molecule has 1 amide bonds. The molecule has 8 nitrogen and oxygen atoms in total. The van der Waals surface area contributed by atoms with E-state index in [1.165, 1.54) is 0 Å². The summed E-state index contributed by atoms with van der Waals surface area (Å²) in [7, 11) is 0. The van der Waals surface area contributed by atoms with Crippen molar-refractivity contribution in [2.45, 2.75) is 6.92 Å². The van der Waals surface area contributed by atoms with E-state index >= 15 is 0 Å². The number of fused-ring (bicyclic) bond motifs is 1. The quantitative estimate of drug-likeness (QED) is 0.409. The number of carbonyl (C=O) groups excluding carboxylic acids is 1. The van der Waals surface area contributed by atoms with Crippen LogP contribution in [0.2, 0.25) is 0 Å². The summed E-state index contributed by atoms with van der Waals surface area (Å²) in [6.07, 6.45) is 3.29. The Hall–Kier alpha value is -3.90. The van der Waals surface area contributed by atoms with Crippen LogP contribution in [0.15, 0.2) is 65.5 Å². The lowest BCUT2D eigenvalue weighted by atomic mass is 10.2. The molecule has 2 heterocycles. The zero-order valence-electron chi connectivity index (χ0n) is 17.1. The minimum atomic E-state index is -0.355. The van der Waals surface area contributed by atoms with Gasteiger partial charge in [-0.25, -0.2) is 9.97 Å². The van der Waals surface area contributed by atoms with Gasteiger partial charge in [-0.05, 0) is 53.2 Å². The fourth-order valence-corrected chi connectivity index (χ4v) is 3.67. The number of nitriles is 1. The minimum absolute atomic E-state index is 0.238. The highest BCUT2D eigenvalue weighted by molar-refractivity contribution is 9.10. The lowest BCUT2D eigenvalue weighted by molar-refractivity contribution is -0.118. The molecule has 9 heteroatoms. The van der Waals surface area contributed by atoms with Crippen molar-refractivity contribution in [3.63, 3.8) is 0 Å². The Morgan fingerprint density at radius 3 is 2.78 bits per heavy atom. The number of ether oxygens (including phenoxy) is 2. The van der Waals surface area contributed by atoms with Gasteiger partial charge in [0.1, 0.15) is 12.1 Å². The van der Waals surface area contributed by atoms with E-state index in [0.717, 1.165) is 11.0 Å². The summed E-state index contributed by atoms with van der Waals surface area (Å²) in [4.78, 5) is 21.2. The third-order valence-electron chi connectivity index (χ3n) is 4.52. The van der Waals surface area contributed by atoms with Crippen LogP contribution in [-0.2, 0) is 4.79 Å². The number of carbonyl (C=O) groups is 1. The van der Waals surface area contributed by atoms with Crippen LogP contribution in [0.1, 0.15) is 12.5 Å². The van der Waals surface area contributed by atoms with Crippen molar-refractivity contribution in [3.8, 4) is 23.4 Å². The van der Waals surface area contributed by atoms with E-state index in [2.05, 4.69) is 37.3 Å². The molecule has 32 heavy (non-hydrogen) atoms. The smallest absolute Gasteiger partial charge is 0.262 e. The molecule has 4 aromatic rings. The van der Waals surface area contributed by atoms with Crippen molar-refractivity contribution in [1.82, 2.24) is 14.5 Å². The van der Waals surface area contributed by atoms with Crippen molar-refractivity contribution >= 4 is 38.6 Å². The van der Waals surface area contributed by atoms with E-state index in [0.29, 0.717) is 39.6 Å². The Morgan fingerprint density at radius 2 is 2.03 bits per heavy atom. The molecule has 0 aliphatic heterocycles. The predicted molar refractivity (Wildman–Crippen MR) is 123 cm³/mol. The number of nitrogens with one attached hydrogen (secondary N) is 1. The standard InChI is InChI=1S/C23H18BrN5O3/c1-2-31-20-10-15(11-25)9-17(24)23(20)32-13-22(30)28-16-7-8-21(26-12-16)29-14-27-18-5-3-4-6-19(18)29/h3-10,12,14H,2,13H2,1H3,(H,28,30). The highest BCUT2D eigenvalue weighted by Gasteiger charge is 2.14. The molecule has 0 radical (unpaired) electrons. The maximum atomic E-state index is 12.4. The molecule has 0 aliphatic rings. The molecule has 160 valence electrons. The molecule has 1 N–H and O–H groups in total. The van der Waals surface area contributed by atoms with Gasteiger partial charge in [0, 0.05) is 6.07 Å². The van der Waals surface area contributed by atoms with Gasteiger partial charge in [0.05, 0.1) is 45.6 Å². The Bertz CT molecular complexity index is 1310. The molecular formula is C23H18BrN5O3.